The molecule has 0 radical (unpaired) electrons. The van der Waals surface area contributed by atoms with E-state index in [0.29, 0.717) is 29.7 Å². The Hall–Kier alpha value is -2.77. The zero-order valence-corrected chi connectivity index (χ0v) is 12.7. The first-order valence-electron chi connectivity index (χ1n) is 7.69. The van der Waals surface area contributed by atoms with Gasteiger partial charge in [-0.05, 0) is 25.0 Å². The SMILES string of the molecule is CCc1noc(-c2ccn3c(CNC(=O)C4CC4)nnc3c2)n1. The van der Waals surface area contributed by atoms with Gasteiger partial charge in [0.05, 0.1) is 6.54 Å². The number of pyridine rings is 1. The van der Waals surface area contributed by atoms with Crippen LogP contribution in [0.15, 0.2) is 22.9 Å². The standard InChI is InChI=1S/C15H16N6O2/c1-2-11-17-15(23-20-11)10-5-6-21-12(7-10)18-19-13(21)8-16-14(22)9-3-4-9/h5-7,9H,2-4,8H2,1H3,(H,16,22). The summed E-state index contributed by atoms with van der Waals surface area (Å²) in [4.78, 5) is 16.0. The molecule has 3 aromatic heterocycles. The summed E-state index contributed by atoms with van der Waals surface area (Å²) in [5.74, 6) is 2.11. The first-order chi connectivity index (χ1) is 11.2. The molecule has 1 N–H and O–H groups in total. The second-order valence-electron chi connectivity index (χ2n) is 5.62. The van der Waals surface area contributed by atoms with Gasteiger partial charge in [0.15, 0.2) is 17.3 Å². The third-order valence-electron chi connectivity index (χ3n) is 3.88. The van der Waals surface area contributed by atoms with Crippen molar-refractivity contribution in [2.24, 2.45) is 5.92 Å². The molecule has 4 rings (SSSR count). The molecule has 1 saturated carbocycles. The first kappa shape index (κ1) is 13.9. The van der Waals surface area contributed by atoms with Crippen molar-refractivity contribution in [2.45, 2.75) is 32.7 Å². The lowest BCUT2D eigenvalue weighted by atomic mass is 10.2. The van der Waals surface area contributed by atoms with Crippen LogP contribution in [-0.4, -0.2) is 30.6 Å². The van der Waals surface area contributed by atoms with Crippen LogP contribution in [0.3, 0.4) is 0 Å². The maximum atomic E-state index is 11.7. The molecule has 0 spiro atoms. The first-order valence-corrected chi connectivity index (χ1v) is 7.69. The van der Waals surface area contributed by atoms with Gasteiger partial charge in [-0.25, -0.2) is 0 Å². The molecule has 3 heterocycles. The average Bonchev–Trinajstić information content (AvgIpc) is 3.18. The maximum absolute atomic E-state index is 11.7. The van der Waals surface area contributed by atoms with Crippen LogP contribution < -0.4 is 5.32 Å². The van der Waals surface area contributed by atoms with E-state index < -0.39 is 0 Å². The van der Waals surface area contributed by atoms with Gasteiger partial charge in [0.1, 0.15) is 0 Å². The van der Waals surface area contributed by atoms with E-state index in [0.717, 1.165) is 24.8 Å². The lowest BCUT2D eigenvalue weighted by Gasteiger charge is -2.03. The number of aromatic nitrogens is 5. The summed E-state index contributed by atoms with van der Waals surface area (Å²) in [6.45, 7) is 2.34. The van der Waals surface area contributed by atoms with Gasteiger partial charge in [-0.1, -0.05) is 12.1 Å². The van der Waals surface area contributed by atoms with E-state index in [1.165, 1.54) is 0 Å². The predicted molar refractivity (Wildman–Crippen MR) is 80.2 cm³/mol. The van der Waals surface area contributed by atoms with Crippen LogP contribution in [0.4, 0.5) is 0 Å². The molecule has 0 bridgehead atoms. The Balaban J connectivity index is 1.56. The number of carbonyl (C=O) groups excluding carboxylic acids is 1. The number of aryl methyl sites for hydroxylation is 1. The van der Waals surface area contributed by atoms with Crippen molar-refractivity contribution in [3.05, 3.63) is 30.0 Å². The number of carbonyl (C=O) groups is 1. The van der Waals surface area contributed by atoms with Crippen LogP contribution in [0.5, 0.6) is 0 Å². The van der Waals surface area contributed by atoms with Crippen molar-refractivity contribution in [2.75, 3.05) is 0 Å². The van der Waals surface area contributed by atoms with E-state index in [1.807, 2.05) is 29.7 Å². The van der Waals surface area contributed by atoms with Crippen molar-refractivity contribution in [3.63, 3.8) is 0 Å². The number of nitrogens with one attached hydrogen (secondary N) is 1. The molecule has 1 amide bonds. The van der Waals surface area contributed by atoms with Crippen LogP contribution in [0, 0.1) is 5.92 Å². The Morgan fingerprint density at radius 3 is 3.04 bits per heavy atom. The lowest BCUT2D eigenvalue weighted by Crippen LogP contribution is -2.25. The highest BCUT2D eigenvalue weighted by molar-refractivity contribution is 5.80. The summed E-state index contributed by atoms with van der Waals surface area (Å²) in [6.07, 6.45) is 4.54. The minimum atomic E-state index is 0.0938. The minimum absolute atomic E-state index is 0.0938. The van der Waals surface area contributed by atoms with Crippen LogP contribution in [0.2, 0.25) is 0 Å². The van der Waals surface area contributed by atoms with Gasteiger partial charge in [-0.2, -0.15) is 4.98 Å². The number of rotatable bonds is 5. The average molecular weight is 312 g/mol. The summed E-state index contributed by atoms with van der Waals surface area (Å²) in [7, 11) is 0. The van der Waals surface area contributed by atoms with Gasteiger partial charge in [0.25, 0.3) is 5.89 Å². The van der Waals surface area contributed by atoms with Gasteiger partial charge in [0, 0.05) is 24.1 Å². The van der Waals surface area contributed by atoms with Crippen molar-refractivity contribution in [3.8, 4) is 11.5 Å². The molecule has 1 aliphatic carbocycles. The summed E-state index contributed by atoms with van der Waals surface area (Å²) in [5.41, 5.74) is 1.47. The second kappa shape index (κ2) is 5.45. The maximum Gasteiger partial charge on any atom is 0.258 e. The highest BCUT2D eigenvalue weighted by Gasteiger charge is 2.29. The molecule has 0 aromatic carbocycles. The Kier molecular flexibility index (Phi) is 3.29. The molecule has 3 aromatic rings. The van der Waals surface area contributed by atoms with Crippen LogP contribution in [-0.2, 0) is 17.8 Å². The van der Waals surface area contributed by atoms with E-state index in [2.05, 4.69) is 25.7 Å². The predicted octanol–water partition coefficient (Wildman–Crippen LogP) is 1.37. The Labute approximate surface area is 131 Å². The Bertz CT molecular complexity index is 864. The monoisotopic (exact) mass is 312 g/mol. The molecule has 0 atom stereocenters. The highest BCUT2D eigenvalue weighted by Crippen LogP contribution is 2.28. The van der Waals surface area contributed by atoms with E-state index in [-0.39, 0.29) is 11.8 Å². The largest absolute Gasteiger partial charge is 0.349 e. The fourth-order valence-electron chi connectivity index (χ4n) is 2.36. The van der Waals surface area contributed by atoms with E-state index >= 15 is 0 Å². The zero-order valence-electron chi connectivity index (χ0n) is 12.7. The van der Waals surface area contributed by atoms with Gasteiger partial charge < -0.3 is 9.84 Å². The molecule has 1 fully saturated rings. The molecule has 23 heavy (non-hydrogen) atoms. The summed E-state index contributed by atoms with van der Waals surface area (Å²) in [5, 5.41) is 15.1. The van der Waals surface area contributed by atoms with Gasteiger partial charge in [-0.15, -0.1) is 10.2 Å². The smallest absolute Gasteiger partial charge is 0.258 e. The molecule has 0 unspecified atom stereocenters. The molecular formula is C15H16N6O2. The van der Waals surface area contributed by atoms with Crippen LogP contribution in [0.25, 0.3) is 17.1 Å². The molecule has 8 nitrogen and oxygen atoms in total. The van der Waals surface area contributed by atoms with Crippen LogP contribution in [0.1, 0.15) is 31.4 Å². The third kappa shape index (κ3) is 2.67. The molecule has 1 aliphatic rings. The quantitative estimate of drug-likeness (QED) is 0.764. The molecule has 0 aliphatic heterocycles. The summed E-state index contributed by atoms with van der Waals surface area (Å²) in [6, 6.07) is 3.71. The van der Waals surface area contributed by atoms with Crippen molar-refractivity contribution in [1.82, 2.24) is 30.1 Å². The number of amides is 1. The topological polar surface area (TPSA) is 98.2 Å². The zero-order chi connectivity index (χ0) is 15.8. The van der Waals surface area contributed by atoms with Crippen molar-refractivity contribution in [1.29, 1.82) is 0 Å². The third-order valence-corrected chi connectivity index (χ3v) is 3.88. The fourth-order valence-corrected chi connectivity index (χ4v) is 2.36. The molecule has 118 valence electrons. The number of fused-ring (bicyclic) bond motifs is 1. The second-order valence-corrected chi connectivity index (χ2v) is 5.62. The van der Waals surface area contributed by atoms with Gasteiger partial charge in [0.2, 0.25) is 5.91 Å². The summed E-state index contributed by atoms with van der Waals surface area (Å²) < 4.78 is 7.08. The molecular weight excluding hydrogens is 296 g/mol. The highest BCUT2D eigenvalue weighted by atomic mass is 16.5. The van der Waals surface area contributed by atoms with Gasteiger partial charge in [-0.3, -0.25) is 9.20 Å². The molecule has 8 heteroatoms. The van der Waals surface area contributed by atoms with E-state index in [4.69, 9.17) is 4.52 Å². The Morgan fingerprint density at radius 2 is 2.30 bits per heavy atom. The Morgan fingerprint density at radius 1 is 1.43 bits per heavy atom. The van der Waals surface area contributed by atoms with Crippen molar-refractivity contribution >= 4 is 11.6 Å². The minimum Gasteiger partial charge on any atom is -0.349 e. The number of hydrogen-bond acceptors (Lipinski definition) is 6. The van der Waals surface area contributed by atoms with Crippen LogP contribution >= 0.6 is 0 Å². The fraction of sp³-hybridized carbons (Fsp3) is 0.400. The summed E-state index contributed by atoms with van der Waals surface area (Å²) >= 11 is 0. The van der Waals surface area contributed by atoms with Gasteiger partial charge >= 0.3 is 0 Å². The lowest BCUT2D eigenvalue weighted by molar-refractivity contribution is -0.122. The number of hydrogen-bond donors (Lipinski definition) is 1. The van der Waals surface area contributed by atoms with Crippen molar-refractivity contribution < 1.29 is 9.32 Å². The molecule has 0 saturated heterocycles. The van der Waals surface area contributed by atoms with E-state index in [1.54, 1.807) is 0 Å². The normalized spacial score (nSPS) is 14.3. The number of nitrogens with zero attached hydrogens (tertiary/aromatic N) is 5. The van der Waals surface area contributed by atoms with E-state index in [9.17, 15) is 4.79 Å².